The second-order valence-electron chi connectivity index (χ2n) is 5.00. The fourth-order valence-electron chi connectivity index (χ4n) is 2.49. The summed E-state index contributed by atoms with van der Waals surface area (Å²) in [5.41, 5.74) is 2.10. The van der Waals surface area contributed by atoms with Crippen LogP contribution in [0.5, 0.6) is 0 Å². The van der Waals surface area contributed by atoms with Crippen molar-refractivity contribution in [3.8, 4) is 11.3 Å². The van der Waals surface area contributed by atoms with Gasteiger partial charge in [0.15, 0.2) is 0 Å². The van der Waals surface area contributed by atoms with Crippen LogP contribution in [0, 0.1) is 0 Å². The first-order valence-corrected chi connectivity index (χ1v) is 7.06. The Morgan fingerprint density at radius 3 is 2.55 bits per heavy atom. The van der Waals surface area contributed by atoms with Crippen molar-refractivity contribution < 1.29 is 4.74 Å². The van der Waals surface area contributed by atoms with Crippen LogP contribution in [0.3, 0.4) is 0 Å². The Balaban J connectivity index is 1.98. The Morgan fingerprint density at radius 1 is 1.10 bits per heavy atom. The standard InChI is InChI=1S/C16H19N3O/c1-17-15-11-14(12-5-3-2-4-6-12)18-16(19-15)13-7-9-20-10-8-13/h2-6,11,13H,7-10H2,1H3,(H,17,18,19). The minimum absolute atomic E-state index is 0.402. The predicted molar refractivity (Wildman–Crippen MR) is 79.8 cm³/mol. The van der Waals surface area contributed by atoms with Crippen molar-refractivity contribution in [2.45, 2.75) is 18.8 Å². The summed E-state index contributed by atoms with van der Waals surface area (Å²) in [6.45, 7) is 1.61. The van der Waals surface area contributed by atoms with E-state index >= 15 is 0 Å². The van der Waals surface area contributed by atoms with Crippen LogP contribution >= 0.6 is 0 Å². The molecular weight excluding hydrogens is 250 g/mol. The third-order valence-corrected chi connectivity index (χ3v) is 3.66. The first-order valence-electron chi connectivity index (χ1n) is 7.06. The van der Waals surface area contributed by atoms with Gasteiger partial charge in [0.1, 0.15) is 11.6 Å². The highest BCUT2D eigenvalue weighted by molar-refractivity contribution is 5.62. The van der Waals surface area contributed by atoms with E-state index in [2.05, 4.69) is 22.4 Å². The van der Waals surface area contributed by atoms with Gasteiger partial charge in [0, 0.05) is 37.8 Å². The van der Waals surface area contributed by atoms with E-state index in [0.29, 0.717) is 5.92 Å². The van der Waals surface area contributed by atoms with Gasteiger partial charge in [0.2, 0.25) is 0 Å². The summed E-state index contributed by atoms with van der Waals surface area (Å²) in [5, 5.41) is 3.13. The summed E-state index contributed by atoms with van der Waals surface area (Å²) >= 11 is 0. The third-order valence-electron chi connectivity index (χ3n) is 3.66. The van der Waals surface area contributed by atoms with Crippen LogP contribution in [0.15, 0.2) is 36.4 Å². The Kier molecular flexibility index (Phi) is 3.92. The fourth-order valence-corrected chi connectivity index (χ4v) is 2.49. The van der Waals surface area contributed by atoms with E-state index < -0.39 is 0 Å². The van der Waals surface area contributed by atoms with Crippen LogP contribution in [0.25, 0.3) is 11.3 Å². The molecule has 1 aromatic heterocycles. The maximum atomic E-state index is 5.42. The molecule has 1 saturated heterocycles. The zero-order chi connectivity index (χ0) is 13.8. The Hall–Kier alpha value is -1.94. The van der Waals surface area contributed by atoms with Gasteiger partial charge < -0.3 is 10.1 Å². The van der Waals surface area contributed by atoms with Crippen LogP contribution in [0.4, 0.5) is 5.82 Å². The van der Waals surface area contributed by atoms with E-state index in [9.17, 15) is 0 Å². The molecule has 0 spiro atoms. The van der Waals surface area contributed by atoms with E-state index in [1.54, 1.807) is 0 Å². The number of hydrogen-bond acceptors (Lipinski definition) is 4. The van der Waals surface area contributed by atoms with Crippen molar-refractivity contribution in [2.75, 3.05) is 25.6 Å². The summed E-state index contributed by atoms with van der Waals surface area (Å²) in [6.07, 6.45) is 2.00. The number of aromatic nitrogens is 2. The molecule has 1 fully saturated rings. The number of rotatable bonds is 3. The van der Waals surface area contributed by atoms with Gasteiger partial charge in [0.25, 0.3) is 0 Å². The number of ether oxygens (including phenoxy) is 1. The molecule has 0 aliphatic carbocycles. The summed E-state index contributed by atoms with van der Waals surface area (Å²) in [5.74, 6) is 2.21. The zero-order valence-electron chi connectivity index (χ0n) is 11.7. The average Bonchev–Trinajstić information content (AvgIpc) is 2.56. The molecule has 0 saturated carbocycles. The molecule has 20 heavy (non-hydrogen) atoms. The maximum Gasteiger partial charge on any atom is 0.134 e. The minimum atomic E-state index is 0.402. The second kappa shape index (κ2) is 6.01. The first kappa shape index (κ1) is 13.1. The number of hydrogen-bond donors (Lipinski definition) is 1. The lowest BCUT2D eigenvalue weighted by Gasteiger charge is -2.21. The zero-order valence-corrected chi connectivity index (χ0v) is 11.7. The largest absolute Gasteiger partial charge is 0.381 e. The SMILES string of the molecule is CNc1cc(-c2ccccc2)nc(C2CCOCC2)n1. The van der Waals surface area contributed by atoms with Crippen molar-refractivity contribution in [3.05, 3.63) is 42.2 Å². The predicted octanol–water partition coefficient (Wildman–Crippen LogP) is 3.08. The van der Waals surface area contributed by atoms with Crippen LogP contribution in [-0.4, -0.2) is 30.2 Å². The van der Waals surface area contributed by atoms with Crippen LogP contribution in [0.1, 0.15) is 24.6 Å². The van der Waals surface area contributed by atoms with E-state index in [1.807, 2.05) is 31.3 Å². The molecule has 1 N–H and O–H groups in total. The summed E-state index contributed by atoms with van der Waals surface area (Å²) < 4.78 is 5.42. The Morgan fingerprint density at radius 2 is 1.85 bits per heavy atom. The molecule has 0 unspecified atom stereocenters. The molecule has 1 aromatic carbocycles. The smallest absolute Gasteiger partial charge is 0.134 e. The normalized spacial score (nSPS) is 16.1. The van der Waals surface area contributed by atoms with E-state index in [0.717, 1.165) is 49.0 Å². The third kappa shape index (κ3) is 2.80. The maximum absolute atomic E-state index is 5.42. The lowest BCUT2D eigenvalue weighted by molar-refractivity contribution is 0.0836. The highest BCUT2D eigenvalue weighted by atomic mass is 16.5. The van der Waals surface area contributed by atoms with Gasteiger partial charge >= 0.3 is 0 Å². The molecular formula is C16H19N3O. The van der Waals surface area contributed by atoms with Gasteiger partial charge in [-0.2, -0.15) is 0 Å². The van der Waals surface area contributed by atoms with Crippen LogP contribution in [-0.2, 0) is 4.74 Å². The number of nitrogens with zero attached hydrogens (tertiary/aromatic N) is 2. The van der Waals surface area contributed by atoms with Gasteiger partial charge in [0.05, 0.1) is 5.69 Å². The minimum Gasteiger partial charge on any atom is -0.381 e. The summed E-state index contributed by atoms with van der Waals surface area (Å²) in [7, 11) is 1.89. The van der Waals surface area contributed by atoms with Crippen molar-refractivity contribution in [2.24, 2.45) is 0 Å². The molecule has 0 radical (unpaired) electrons. The van der Waals surface area contributed by atoms with Gasteiger partial charge in [-0.05, 0) is 12.8 Å². The number of benzene rings is 1. The second-order valence-corrected chi connectivity index (χ2v) is 5.00. The van der Waals surface area contributed by atoms with Gasteiger partial charge in [-0.3, -0.25) is 0 Å². The molecule has 1 aliphatic rings. The molecule has 104 valence electrons. The first-order chi connectivity index (χ1) is 9.86. The molecule has 0 amide bonds. The highest BCUT2D eigenvalue weighted by Crippen LogP contribution is 2.27. The van der Waals surface area contributed by atoms with E-state index in [1.165, 1.54) is 0 Å². The van der Waals surface area contributed by atoms with Gasteiger partial charge in [-0.1, -0.05) is 30.3 Å². The molecule has 4 nitrogen and oxygen atoms in total. The van der Waals surface area contributed by atoms with E-state index in [4.69, 9.17) is 9.72 Å². The molecule has 1 aliphatic heterocycles. The summed E-state index contributed by atoms with van der Waals surface area (Å²) in [6, 6.07) is 12.2. The van der Waals surface area contributed by atoms with Crippen molar-refractivity contribution >= 4 is 5.82 Å². The Bertz CT molecular complexity index is 565. The molecule has 2 heterocycles. The van der Waals surface area contributed by atoms with Crippen molar-refractivity contribution in [3.63, 3.8) is 0 Å². The lowest BCUT2D eigenvalue weighted by Crippen LogP contribution is -2.17. The van der Waals surface area contributed by atoms with E-state index in [-0.39, 0.29) is 0 Å². The Labute approximate surface area is 119 Å². The van der Waals surface area contributed by atoms with Crippen LogP contribution < -0.4 is 5.32 Å². The van der Waals surface area contributed by atoms with Gasteiger partial charge in [-0.25, -0.2) is 9.97 Å². The van der Waals surface area contributed by atoms with Crippen molar-refractivity contribution in [1.82, 2.24) is 9.97 Å². The highest BCUT2D eigenvalue weighted by Gasteiger charge is 2.20. The van der Waals surface area contributed by atoms with Crippen LogP contribution in [0.2, 0.25) is 0 Å². The quantitative estimate of drug-likeness (QED) is 0.930. The van der Waals surface area contributed by atoms with Gasteiger partial charge in [-0.15, -0.1) is 0 Å². The number of nitrogens with one attached hydrogen (secondary N) is 1. The molecule has 2 aromatic rings. The number of anilines is 1. The molecule has 0 atom stereocenters. The monoisotopic (exact) mass is 269 g/mol. The molecule has 4 heteroatoms. The molecule has 3 rings (SSSR count). The lowest BCUT2D eigenvalue weighted by atomic mass is 9.99. The molecule has 0 bridgehead atoms. The average molecular weight is 269 g/mol. The topological polar surface area (TPSA) is 47.0 Å². The summed E-state index contributed by atoms with van der Waals surface area (Å²) in [4.78, 5) is 9.39. The van der Waals surface area contributed by atoms with Crippen molar-refractivity contribution in [1.29, 1.82) is 0 Å². The fraction of sp³-hybridized carbons (Fsp3) is 0.375.